The molecule has 2 N–H and O–H groups in total. The fraction of sp³-hybridized carbons (Fsp3) is 0.333. The second-order valence-corrected chi connectivity index (χ2v) is 9.47. The summed E-state index contributed by atoms with van der Waals surface area (Å²) in [6.07, 6.45) is 0. The third-order valence-corrected chi connectivity index (χ3v) is 5.46. The summed E-state index contributed by atoms with van der Waals surface area (Å²) < 4.78 is 0. The summed E-state index contributed by atoms with van der Waals surface area (Å²) in [5, 5.41) is 27.9. The van der Waals surface area contributed by atoms with Gasteiger partial charge in [0.2, 0.25) is 0 Å². The quantitative estimate of drug-likeness (QED) is 0.353. The minimum atomic E-state index is -0.143. The van der Waals surface area contributed by atoms with Gasteiger partial charge in [-0.2, -0.15) is 0 Å². The van der Waals surface area contributed by atoms with Crippen LogP contribution in [0.3, 0.4) is 0 Å². The predicted octanol–water partition coefficient (Wildman–Crippen LogP) is 6.59. The van der Waals surface area contributed by atoms with Crippen molar-refractivity contribution in [1.82, 2.24) is 0 Å². The molecule has 0 aliphatic heterocycles. The number of aromatic hydroxyl groups is 2. The van der Waals surface area contributed by atoms with E-state index in [0.29, 0.717) is 11.5 Å². The Balaban J connectivity index is 2.23. The molecule has 2 heteroatoms. The summed E-state index contributed by atoms with van der Waals surface area (Å²) in [6.45, 7) is 12.7. The molecule has 0 amide bonds. The van der Waals surface area contributed by atoms with Crippen LogP contribution in [0.5, 0.6) is 11.5 Å². The maximum atomic E-state index is 11.0. The second kappa shape index (κ2) is 5.03. The van der Waals surface area contributed by atoms with Crippen LogP contribution in [0.2, 0.25) is 0 Å². The molecular formula is C24H26O2. The molecule has 0 heterocycles. The van der Waals surface area contributed by atoms with E-state index in [-0.39, 0.29) is 10.8 Å². The topological polar surface area (TPSA) is 40.5 Å². The Morgan fingerprint density at radius 1 is 0.577 bits per heavy atom. The van der Waals surface area contributed by atoms with E-state index < -0.39 is 0 Å². The molecule has 0 aliphatic carbocycles. The van der Waals surface area contributed by atoms with E-state index in [1.165, 1.54) is 0 Å². The molecule has 0 unspecified atom stereocenters. The molecule has 134 valence electrons. The van der Waals surface area contributed by atoms with Crippen LogP contribution in [-0.4, -0.2) is 10.2 Å². The molecule has 4 aromatic rings. The van der Waals surface area contributed by atoms with Gasteiger partial charge in [0, 0.05) is 32.7 Å². The van der Waals surface area contributed by atoms with E-state index in [4.69, 9.17) is 0 Å². The Labute approximate surface area is 154 Å². The van der Waals surface area contributed by atoms with Gasteiger partial charge >= 0.3 is 0 Å². The standard InChI is InChI=1S/C24H26O2/c1-23(2,3)17-11-13-7-8-14-12-18(24(4,5)6)22(26)16-10-9-15(21(17)25)19(13)20(14)16/h7-12,25-26H,1-6H3. The molecule has 2 nitrogen and oxygen atoms in total. The molecule has 4 aromatic carbocycles. The molecule has 0 aromatic heterocycles. The predicted molar refractivity (Wildman–Crippen MR) is 111 cm³/mol. The van der Waals surface area contributed by atoms with E-state index >= 15 is 0 Å². The zero-order valence-electron chi connectivity index (χ0n) is 16.4. The average Bonchev–Trinajstić information content (AvgIpc) is 2.53. The molecule has 0 saturated carbocycles. The summed E-state index contributed by atoms with van der Waals surface area (Å²) in [5.74, 6) is 0.692. The first kappa shape index (κ1) is 17.0. The summed E-state index contributed by atoms with van der Waals surface area (Å²) in [5.41, 5.74) is 1.61. The minimum absolute atomic E-state index is 0.143. The number of hydrogen-bond donors (Lipinski definition) is 2. The SMILES string of the molecule is CC(C)(C)c1cc2ccc3cc(C(C)(C)C)c(O)c4ccc(c1O)c2c34. The summed E-state index contributed by atoms with van der Waals surface area (Å²) >= 11 is 0. The van der Waals surface area contributed by atoms with Crippen molar-refractivity contribution in [3.05, 3.63) is 47.5 Å². The van der Waals surface area contributed by atoms with Gasteiger partial charge in [-0.25, -0.2) is 0 Å². The van der Waals surface area contributed by atoms with Crippen molar-refractivity contribution < 1.29 is 10.2 Å². The summed E-state index contributed by atoms with van der Waals surface area (Å²) in [6, 6.07) is 12.3. The van der Waals surface area contributed by atoms with Crippen molar-refractivity contribution in [1.29, 1.82) is 0 Å². The van der Waals surface area contributed by atoms with E-state index in [1.807, 2.05) is 12.1 Å². The minimum Gasteiger partial charge on any atom is -0.507 e. The smallest absolute Gasteiger partial charge is 0.127 e. The van der Waals surface area contributed by atoms with Crippen LogP contribution < -0.4 is 0 Å². The fourth-order valence-electron chi connectivity index (χ4n) is 4.07. The molecule has 0 spiro atoms. The first-order valence-corrected chi connectivity index (χ1v) is 9.17. The maximum absolute atomic E-state index is 11.0. The molecule has 4 rings (SSSR count). The van der Waals surface area contributed by atoms with Crippen molar-refractivity contribution in [2.75, 3.05) is 0 Å². The molecule has 0 atom stereocenters. The molecule has 0 fully saturated rings. The van der Waals surface area contributed by atoms with Crippen molar-refractivity contribution in [2.45, 2.75) is 52.4 Å². The molecular weight excluding hydrogens is 320 g/mol. The van der Waals surface area contributed by atoms with E-state index in [0.717, 1.165) is 43.4 Å². The Morgan fingerprint density at radius 3 is 1.23 bits per heavy atom. The molecule has 0 aliphatic rings. The summed E-state index contributed by atoms with van der Waals surface area (Å²) in [4.78, 5) is 0. The first-order chi connectivity index (χ1) is 12.0. The van der Waals surface area contributed by atoms with Crippen molar-refractivity contribution in [3.63, 3.8) is 0 Å². The van der Waals surface area contributed by atoms with Crippen LogP contribution in [0.25, 0.3) is 32.3 Å². The van der Waals surface area contributed by atoms with Gasteiger partial charge in [0.15, 0.2) is 0 Å². The van der Waals surface area contributed by atoms with E-state index in [9.17, 15) is 10.2 Å². The zero-order chi connectivity index (χ0) is 19.0. The average molecular weight is 346 g/mol. The fourth-order valence-corrected chi connectivity index (χ4v) is 4.07. The van der Waals surface area contributed by atoms with Crippen molar-refractivity contribution >= 4 is 32.3 Å². The Bertz CT molecular complexity index is 1060. The maximum Gasteiger partial charge on any atom is 0.127 e. The van der Waals surface area contributed by atoms with Crippen LogP contribution in [0.4, 0.5) is 0 Å². The zero-order valence-corrected chi connectivity index (χ0v) is 16.4. The number of benzene rings is 4. The van der Waals surface area contributed by atoms with Gasteiger partial charge in [0.25, 0.3) is 0 Å². The lowest BCUT2D eigenvalue weighted by Gasteiger charge is -2.25. The Kier molecular flexibility index (Phi) is 3.28. The van der Waals surface area contributed by atoms with Gasteiger partial charge < -0.3 is 10.2 Å². The molecule has 0 radical (unpaired) electrons. The highest BCUT2D eigenvalue weighted by Crippen LogP contribution is 2.47. The van der Waals surface area contributed by atoms with Gasteiger partial charge in [-0.15, -0.1) is 0 Å². The van der Waals surface area contributed by atoms with Crippen molar-refractivity contribution in [3.8, 4) is 11.5 Å². The second-order valence-electron chi connectivity index (χ2n) is 9.47. The number of phenols is 2. The highest BCUT2D eigenvalue weighted by Gasteiger charge is 2.25. The van der Waals surface area contributed by atoms with Crippen molar-refractivity contribution in [2.24, 2.45) is 0 Å². The van der Waals surface area contributed by atoms with Crippen LogP contribution in [0.1, 0.15) is 52.7 Å². The third kappa shape index (κ3) is 2.25. The van der Waals surface area contributed by atoms with Crippen LogP contribution >= 0.6 is 0 Å². The monoisotopic (exact) mass is 346 g/mol. The highest BCUT2D eigenvalue weighted by atomic mass is 16.3. The lowest BCUT2D eigenvalue weighted by atomic mass is 9.80. The Morgan fingerprint density at radius 2 is 0.923 bits per heavy atom. The van der Waals surface area contributed by atoms with Gasteiger partial charge in [-0.3, -0.25) is 0 Å². The highest BCUT2D eigenvalue weighted by molar-refractivity contribution is 6.25. The lowest BCUT2D eigenvalue weighted by molar-refractivity contribution is 0.451. The molecule has 0 saturated heterocycles. The molecule has 0 bridgehead atoms. The van der Waals surface area contributed by atoms with Gasteiger partial charge in [-0.05, 0) is 45.9 Å². The summed E-state index contributed by atoms with van der Waals surface area (Å²) in [7, 11) is 0. The van der Waals surface area contributed by atoms with E-state index in [2.05, 4.69) is 65.8 Å². The first-order valence-electron chi connectivity index (χ1n) is 9.17. The van der Waals surface area contributed by atoms with Crippen LogP contribution in [0, 0.1) is 0 Å². The number of hydrogen-bond acceptors (Lipinski definition) is 2. The van der Waals surface area contributed by atoms with E-state index in [1.54, 1.807) is 0 Å². The molecule has 26 heavy (non-hydrogen) atoms. The largest absolute Gasteiger partial charge is 0.507 e. The number of rotatable bonds is 0. The lowest BCUT2D eigenvalue weighted by Crippen LogP contribution is -2.12. The normalized spacial score (nSPS) is 13.3. The van der Waals surface area contributed by atoms with Gasteiger partial charge in [0.05, 0.1) is 0 Å². The van der Waals surface area contributed by atoms with Crippen LogP contribution in [0.15, 0.2) is 36.4 Å². The van der Waals surface area contributed by atoms with Gasteiger partial charge in [-0.1, -0.05) is 53.7 Å². The Hall–Kier alpha value is -2.48. The van der Waals surface area contributed by atoms with Gasteiger partial charge in [0.1, 0.15) is 11.5 Å². The number of phenolic OH excluding ortho intramolecular Hbond substituents is 2. The van der Waals surface area contributed by atoms with Crippen LogP contribution in [-0.2, 0) is 10.8 Å². The third-order valence-electron chi connectivity index (χ3n) is 5.46.